The van der Waals surface area contributed by atoms with Gasteiger partial charge in [0.2, 0.25) is 17.7 Å². The Labute approximate surface area is 236 Å². The first kappa shape index (κ1) is 31.2. The molecule has 0 saturated carbocycles. The highest BCUT2D eigenvalue weighted by Crippen LogP contribution is 2.22. The van der Waals surface area contributed by atoms with E-state index in [1.54, 1.807) is 66.8 Å². The van der Waals surface area contributed by atoms with Crippen molar-refractivity contribution in [1.82, 2.24) is 15.5 Å². The van der Waals surface area contributed by atoms with Crippen molar-refractivity contribution in [3.8, 4) is 5.75 Å². The van der Waals surface area contributed by atoms with Gasteiger partial charge in [0, 0.05) is 18.7 Å². The van der Waals surface area contributed by atoms with Gasteiger partial charge in [-0.15, -0.1) is 6.58 Å². The van der Waals surface area contributed by atoms with Crippen LogP contribution in [0.15, 0.2) is 66.7 Å². The third kappa shape index (κ3) is 8.82. The first-order chi connectivity index (χ1) is 19.4. The quantitative estimate of drug-likeness (QED) is 0.356. The van der Waals surface area contributed by atoms with E-state index in [1.165, 1.54) is 12.0 Å². The zero-order valence-corrected chi connectivity index (χ0v) is 22.8. The van der Waals surface area contributed by atoms with E-state index in [1.807, 2.05) is 0 Å². The van der Waals surface area contributed by atoms with Crippen LogP contribution in [0.1, 0.15) is 31.7 Å². The molecule has 0 radical (unpaired) electrons. The molecule has 0 spiro atoms. The van der Waals surface area contributed by atoms with Crippen LogP contribution in [0.4, 0.5) is 18.9 Å². The molecule has 3 atom stereocenters. The Kier molecular flexibility index (Phi) is 10.5. The van der Waals surface area contributed by atoms with Crippen LogP contribution in [0.5, 0.6) is 5.75 Å². The van der Waals surface area contributed by atoms with Gasteiger partial charge in [-0.05, 0) is 56.0 Å². The normalized spacial score (nSPS) is 16.3. The average Bonchev–Trinajstić information content (AvgIpc) is 3.42. The molecule has 1 aliphatic rings. The fraction of sp³-hybridized carbons (Fsp3) is 0.379. The van der Waals surface area contributed by atoms with Crippen LogP contribution in [0, 0.1) is 0 Å². The number of halogens is 3. The minimum atomic E-state index is -5.22. The van der Waals surface area contributed by atoms with Gasteiger partial charge in [0.25, 0.3) is 0 Å². The summed E-state index contributed by atoms with van der Waals surface area (Å²) >= 11 is 0. The van der Waals surface area contributed by atoms with Crippen molar-refractivity contribution in [3.05, 3.63) is 72.3 Å². The SMILES string of the molecule is C=C(C)C[C@@H](NC(=O)[C@H](Cc1ccc(OC)cc1)NC(=O)C(F)(F)F)C(=O)N1CCC[C@H]1C(=O)Nc1ccccc1. The van der Waals surface area contributed by atoms with Gasteiger partial charge in [0.1, 0.15) is 23.9 Å². The molecule has 0 aliphatic carbocycles. The standard InChI is InChI=1S/C29H33F3N4O5/c1-18(2)16-23(27(39)36-15-7-10-24(36)26(38)33-20-8-5-4-6-9-20)34-25(37)22(35-28(40)29(30,31)32)17-19-11-13-21(41-3)14-12-19/h4-6,8-9,11-14,22-24H,1,7,10,15-17H2,2-3H3,(H,33,38)(H,34,37)(H,35,40)/t22-,23+,24-/m0/s1. The number of para-hydroxylation sites is 1. The monoisotopic (exact) mass is 574 g/mol. The lowest BCUT2D eigenvalue weighted by atomic mass is 10.0. The number of hydrogen-bond donors (Lipinski definition) is 3. The van der Waals surface area contributed by atoms with Gasteiger partial charge in [-0.3, -0.25) is 19.2 Å². The summed E-state index contributed by atoms with van der Waals surface area (Å²) in [7, 11) is 1.45. The van der Waals surface area contributed by atoms with Gasteiger partial charge in [0.05, 0.1) is 7.11 Å². The number of methoxy groups -OCH3 is 1. The Balaban J connectivity index is 1.80. The maximum atomic E-state index is 13.6. The van der Waals surface area contributed by atoms with Crippen molar-refractivity contribution < 1.29 is 37.1 Å². The minimum absolute atomic E-state index is 0.0173. The van der Waals surface area contributed by atoms with Gasteiger partial charge in [-0.25, -0.2) is 0 Å². The van der Waals surface area contributed by atoms with Gasteiger partial charge in [-0.2, -0.15) is 13.2 Å². The number of nitrogens with one attached hydrogen (secondary N) is 3. The minimum Gasteiger partial charge on any atom is -0.497 e. The lowest BCUT2D eigenvalue weighted by Gasteiger charge is -2.30. The predicted molar refractivity (Wildman–Crippen MR) is 146 cm³/mol. The van der Waals surface area contributed by atoms with Crippen LogP contribution in [0.25, 0.3) is 0 Å². The number of anilines is 1. The van der Waals surface area contributed by atoms with E-state index in [4.69, 9.17) is 4.74 Å². The van der Waals surface area contributed by atoms with E-state index in [0.717, 1.165) is 0 Å². The van der Waals surface area contributed by atoms with Crippen LogP contribution < -0.4 is 20.7 Å². The molecule has 0 bridgehead atoms. The van der Waals surface area contributed by atoms with Crippen LogP contribution in [0.3, 0.4) is 0 Å². The number of carbonyl (C=O) groups is 4. The maximum Gasteiger partial charge on any atom is 0.471 e. The number of alkyl halides is 3. The predicted octanol–water partition coefficient (Wildman–Crippen LogP) is 3.37. The molecule has 4 amide bonds. The molecule has 3 N–H and O–H groups in total. The molecular weight excluding hydrogens is 541 g/mol. The molecule has 0 aromatic heterocycles. The van der Waals surface area contributed by atoms with Crippen LogP contribution >= 0.6 is 0 Å². The van der Waals surface area contributed by atoms with Crippen LogP contribution in [-0.4, -0.2) is 66.5 Å². The zero-order valence-electron chi connectivity index (χ0n) is 22.8. The Morgan fingerprint density at radius 2 is 1.68 bits per heavy atom. The number of hydrogen-bond acceptors (Lipinski definition) is 5. The molecule has 9 nitrogen and oxygen atoms in total. The fourth-order valence-corrected chi connectivity index (χ4v) is 4.52. The summed E-state index contributed by atoms with van der Waals surface area (Å²) in [6.45, 7) is 5.69. The maximum absolute atomic E-state index is 13.6. The topological polar surface area (TPSA) is 117 Å². The van der Waals surface area contributed by atoms with Crippen molar-refractivity contribution in [2.75, 3.05) is 19.0 Å². The molecule has 3 rings (SSSR count). The fourth-order valence-electron chi connectivity index (χ4n) is 4.52. The number of amides is 4. The Hall–Kier alpha value is -4.35. The summed E-state index contributed by atoms with van der Waals surface area (Å²) in [6, 6.07) is 11.3. The van der Waals surface area contributed by atoms with Crippen molar-refractivity contribution in [2.24, 2.45) is 0 Å². The third-order valence-electron chi connectivity index (χ3n) is 6.53. The van der Waals surface area contributed by atoms with Gasteiger partial charge >= 0.3 is 12.1 Å². The lowest BCUT2D eigenvalue weighted by molar-refractivity contribution is -0.174. The molecular formula is C29H33F3N4O5. The number of likely N-dealkylation sites (tertiary alicyclic amines) is 1. The highest BCUT2D eigenvalue weighted by atomic mass is 19.4. The summed E-state index contributed by atoms with van der Waals surface area (Å²) in [4.78, 5) is 53.1. The van der Waals surface area contributed by atoms with E-state index in [2.05, 4.69) is 17.2 Å². The number of carbonyl (C=O) groups excluding carboxylic acids is 4. The molecule has 2 aromatic carbocycles. The van der Waals surface area contributed by atoms with E-state index in [-0.39, 0.29) is 19.4 Å². The van der Waals surface area contributed by atoms with Crippen molar-refractivity contribution in [2.45, 2.75) is 56.9 Å². The molecule has 12 heteroatoms. The molecule has 0 unspecified atom stereocenters. The first-order valence-corrected chi connectivity index (χ1v) is 13.0. The lowest BCUT2D eigenvalue weighted by Crippen LogP contribution is -2.57. The van der Waals surface area contributed by atoms with E-state index in [0.29, 0.717) is 35.4 Å². The Morgan fingerprint density at radius 3 is 2.27 bits per heavy atom. The summed E-state index contributed by atoms with van der Waals surface area (Å²) < 4.78 is 44.3. The van der Waals surface area contributed by atoms with Gasteiger partial charge in [-0.1, -0.05) is 35.9 Å². The number of rotatable bonds is 11. The zero-order chi connectivity index (χ0) is 30.2. The molecule has 41 heavy (non-hydrogen) atoms. The molecule has 220 valence electrons. The highest BCUT2D eigenvalue weighted by molar-refractivity contribution is 5.99. The van der Waals surface area contributed by atoms with Gasteiger partial charge < -0.3 is 25.6 Å². The van der Waals surface area contributed by atoms with Crippen molar-refractivity contribution in [1.29, 1.82) is 0 Å². The molecule has 1 fully saturated rings. The average molecular weight is 575 g/mol. The molecule has 1 saturated heterocycles. The smallest absolute Gasteiger partial charge is 0.471 e. The second kappa shape index (κ2) is 13.8. The first-order valence-electron chi connectivity index (χ1n) is 13.0. The second-order valence-electron chi connectivity index (χ2n) is 9.84. The molecule has 1 heterocycles. The van der Waals surface area contributed by atoms with Gasteiger partial charge in [0.15, 0.2) is 0 Å². The van der Waals surface area contributed by atoms with Crippen LogP contribution in [0.2, 0.25) is 0 Å². The summed E-state index contributed by atoms with van der Waals surface area (Å²) in [5, 5.41) is 7.02. The van der Waals surface area contributed by atoms with E-state index >= 15 is 0 Å². The second-order valence-corrected chi connectivity index (χ2v) is 9.84. The molecule has 1 aliphatic heterocycles. The number of benzene rings is 2. The van der Waals surface area contributed by atoms with Crippen molar-refractivity contribution in [3.63, 3.8) is 0 Å². The number of nitrogens with zero attached hydrogens (tertiary/aromatic N) is 1. The highest BCUT2D eigenvalue weighted by Gasteiger charge is 2.42. The summed E-state index contributed by atoms with van der Waals surface area (Å²) in [5.41, 5.74) is 1.54. The largest absolute Gasteiger partial charge is 0.497 e. The number of ether oxygens (including phenoxy) is 1. The van der Waals surface area contributed by atoms with E-state index in [9.17, 15) is 32.3 Å². The summed E-state index contributed by atoms with van der Waals surface area (Å²) in [6.07, 6.45) is -4.57. The molecule has 2 aromatic rings. The Morgan fingerprint density at radius 1 is 1.02 bits per heavy atom. The van der Waals surface area contributed by atoms with E-state index < -0.39 is 47.9 Å². The summed E-state index contributed by atoms with van der Waals surface area (Å²) in [5.74, 6) is -3.74. The third-order valence-corrected chi connectivity index (χ3v) is 6.53. The van der Waals surface area contributed by atoms with Crippen molar-refractivity contribution >= 4 is 29.3 Å². The van der Waals surface area contributed by atoms with Crippen LogP contribution in [-0.2, 0) is 25.6 Å². The Bertz CT molecular complexity index is 1250.